The molecule has 2 atom stereocenters. The van der Waals surface area contributed by atoms with Gasteiger partial charge in [0.2, 0.25) is 0 Å². The lowest BCUT2D eigenvalue weighted by Crippen LogP contribution is -2.56. The van der Waals surface area contributed by atoms with E-state index >= 15 is 0 Å². The van der Waals surface area contributed by atoms with Crippen LogP contribution in [-0.4, -0.2) is 30.1 Å². The van der Waals surface area contributed by atoms with Gasteiger partial charge in [-0.25, -0.2) is 0 Å². The fraction of sp³-hybridized carbons (Fsp3) is 0.778. The van der Waals surface area contributed by atoms with Crippen LogP contribution >= 0.6 is 11.3 Å². The minimum absolute atomic E-state index is 0.224. The molecule has 2 nitrogen and oxygen atoms in total. The van der Waals surface area contributed by atoms with Gasteiger partial charge >= 0.3 is 0 Å². The van der Waals surface area contributed by atoms with Gasteiger partial charge in [-0.3, -0.25) is 4.90 Å². The van der Waals surface area contributed by atoms with Crippen LogP contribution in [0.2, 0.25) is 0 Å². The first-order chi connectivity index (χ1) is 10.1. The number of aryl methyl sites for hydroxylation is 1. The maximum atomic E-state index is 3.87. The molecule has 1 saturated heterocycles. The zero-order valence-corrected chi connectivity index (χ0v) is 15.1. The summed E-state index contributed by atoms with van der Waals surface area (Å²) in [5.41, 5.74) is 1.74. The van der Waals surface area contributed by atoms with E-state index in [1.165, 1.54) is 55.6 Å². The largest absolute Gasteiger partial charge is 0.308 e. The van der Waals surface area contributed by atoms with E-state index in [2.05, 4.69) is 49.4 Å². The molecule has 0 aromatic carbocycles. The molecule has 0 amide bonds. The Kier molecular flexibility index (Phi) is 6.27. The second-order valence-corrected chi connectivity index (χ2v) is 7.70. The van der Waals surface area contributed by atoms with Gasteiger partial charge in [0.1, 0.15) is 0 Å². The van der Waals surface area contributed by atoms with Gasteiger partial charge in [-0.15, -0.1) is 11.3 Å². The summed E-state index contributed by atoms with van der Waals surface area (Å²) < 4.78 is 0. The van der Waals surface area contributed by atoms with Gasteiger partial charge in [-0.1, -0.05) is 20.3 Å². The van der Waals surface area contributed by atoms with Crippen molar-refractivity contribution in [2.24, 2.45) is 0 Å². The second-order valence-electron chi connectivity index (χ2n) is 6.58. The molecule has 21 heavy (non-hydrogen) atoms. The number of nitrogens with zero attached hydrogens (tertiary/aromatic N) is 1. The Labute approximate surface area is 134 Å². The van der Waals surface area contributed by atoms with Crippen molar-refractivity contribution in [1.29, 1.82) is 0 Å². The summed E-state index contributed by atoms with van der Waals surface area (Å²) in [6, 6.07) is 2.79. The number of nitrogens with one attached hydrogen (secondary N) is 1. The van der Waals surface area contributed by atoms with Crippen molar-refractivity contribution < 1.29 is 0 Å². The van der Waals surface area contributed by atoms with Crippen molar-refractivity contribution in [2.75, 3.05) is 19.6 Å². The van der Waals surface area contributed by atoms with Gasteiger partial charge in [-0.05, 0) is 76.2 Å². The number of likely N-dealkylation sites (tertiary alicyclic amines) is 1. The van der Waals surface area contributed by atoms with E-state index in [1.54, 1.807) is 0 Å². The number of thiophene rings is 1. The summed E-state index contributed by atoms with van der Waals surface area (Å²) in [6.07, 6.45) is 6.52. The molecule has 2 unspecified atom stereocenters. The lowest BCUT2D eigenvalue weighted by molar-refractivity contribution is 0.0424. The molecule has 1 aromatic rings. The molecule has 1 aromatic heterocycles. The topological polar surface area (TPSA) is 15.3 Å². The van der Waals surface area contributed by atoms with Crippen LogP contribution in [0.25, 0.3) is 0 Å². The van der Waals surface area contributed by atoms with Crippen LogP contribution < -0.4 is 5.32 Å². The molecule has 0 aliphatic carbocycles. The fourth-order valence-corrected chi connectivity index (χ4v) is 4.40. The quantitative estimate of drug-likeness (QED) is 0.782. The SMILES string of the molecule is CCCNC(c1ccsc1C)C(C)(CC)N1CCCCC1. The van der Waals surface area contributed by atoms with Crippen LogP contribution in [0.5, 0.6) is 0 Å². The number of hydrogen-bond donors (Lipinski definition) is 1. The Hall–Kier alpha value is -0.380. The highest BCUT2D eigenvalue weighted by atomic mass is 32.1. The van der Waals surface area contributed by atoms with Gasteiger partial charge in [0.25, 0.3) is 0 Å². The average Bonchev–Trinajstić information content (AvgIpc) is 2.94. The number of hydrogen-bond acceptors (Lipinski definition) is 3. The molecule has 1 aliphatic heterocycles. The van der Waals surface area contributed by atoms with Crippen LogP contribution in [0.1, 0.15) is 69.4 Å². The molecular weight excluding hydrogens is 276 g/mol. The Morgan fingerprint density at radius 3 is 2.52 bits per heavy atom. The lowest BCUT2D eigenvalue weighted by Gasteiger charge is -2.48. The smallest absolute Gasteiger partial charge is 0.0515 e. The van der Waals surface area contributed by atoms with Crippen LogP contribution in [0, 0.1) is 6.92 Å². The molecule has 2 heterocycles. The van der Waals surface area contributed by atoms with E-state index in [1.807, 2.05) is 11.3 Å². The van der Waals surface area contributed by atoms with Crippen LogP contribution in [0.15, 0.2) is 11.4 Å². The molecule has 0 saturated carbocycles. The zero-order chi connectivity index (χ0) is 15.3. The minimum Gasteiger partial charge on any atom is -0.308 e. The van der Waals surface area contributed by atoms with Crippen molar-refractivity contribution >= 4 is 11.3 Å². The van der Waals surface area contributed by atoms with E-state index in [0.717, 1.165) is 6.54 Å². The van der Waals surface area contributed by atoms with E-state index < -0.39 is 0 Å². The fourth-order valence-electron chi connectivity index (χ4n) is 3.66. The summed E-state index contributed by atoms with van der Waals surface area (Å²) in [5, 5.41) is 6.11. The van der Waals surface area contributed by atoms with Crippen LogP contribution in [0.3, 0.4) is 0 Å². The summed E-state index contributed by atoms with van der Waals surface area (Å²) in [7, 11) is 0. The third-order valence-corrected chi connectivity index (χ3v) is 6.09. The van der Waals surface area contributed by atoms with Crippen molar-refractivity contribution in [1.82, 2.24) is 10.2 Å². The van der Waals surface area contributed by atoms with Gasteiger partial charge in [0.05, 0.1) is 6.04 Å². The molecule has 2 rings (SSSR count). The molecule has 1 aliphatic rings. The Bertz CT molecular complexity index is 423. The van der Waals surface area contributed by atoms with Gasteiger partial charge in [0, 0.05) is 10.4 Å². The van der Waals surface area contributed by atoms with E-state index in [-0.39, 0.29) is 5.54 Å². The van der Waals surface area contributed by atoms with Crippen molar-refractivity contribution in [3.8, 4) is 0 Å². The van der Waals surface area contributed by atoms with Gasteiger partial charge < -0.3 is 5.32 Å². The Balaban J connectivity index is 2.29. The second kappa shape index (κ2) is 7.75. The summed E-state index contributed by atoms with van der Waals surface area (Å²) in [4.78, 5) is 4.22. The molecule has 0 radical (unpaired) electrons. The van der Waals surface area contributed by atoms with Gasteiger partial charge in [0.15, 0.2) is 0 Å². The van der Waals surface area contributed by atoms with Crippen molar-refractivity contribution in [2.45, 2.75) is 71.4 Å². The van der Waals surface area contributed by atoms with Crippen LogP contribution in [0.4, 0.5) is 0 Å². The van der Waals surface area contributed by atoms with Gasteiger partial charge in [-0.2, -0.15) is 0 Å². The number of piperidine rings is 1. The summed E-state index contributed by atoms with van der Waals surface area (Å²) >= 11 is 1.88. The first kappa shape index (κ1) is 17.0. The van der Waals surface area contributed by atoms with Crippen molar-refractivity contribution in [3.63, 3.8) is 0 Å². The lowest BCUT2D eigenvalue weighted by atomic mass is 9.81. The molecule has 0 bridgehead atoms. The normalized spacial score (nSPS) is 21.1. The molecule has 1 fully saturated rings. The highest BCUT2D eigenvalue weighted by molar-refractivity contribution is 7.10. The summed E-state index contributed by atoms with van der Waals surface area (Å²) in [5.74, 6) is 0. The van der Waals surface area contributed by atoms with Crippen molar-refractivity contribution in [3.05, 3.63) is 21.9 Å². The average molecular weight is 309 g/mol. The third kappa shape index (κ3) is 3.69. The van der Waals surface area contributed by atoms with E-state index in [4.69, 9.17) is 0 Å². The first-order valence-electron chi connectivity index (χ1n) is 8.66. The Morgan fingerprint density at radius 1 is 1.29 bits per heavy atom. The van der Waals surface area contributed by atoms with E-state index in [9.17, 15) is 0 Å². The zero-order valence-electron chi connectivity index (χ0n) is 14.2. The summed E-state index contributed by atoms with van der Waals surface area (Å²) in [6.45, 7) is 13.0. The van der Waals surface area contributed by atoms with Crippen LogP contribution in [-0.2, 0) is 0 Å². The molecule has 3 heteroatoms. The Morgan fingerprint density at radius 2 is 2.00 bits per heavy atom. The molecule has 120 valence electrons. The molecular formula is C18H32N2S. The van der Waals surface area contributed by atoms with E-state index in [0.29, 0.717) is 6.04 Å². The third-order valence-electron chi connectivity index (χ3n) is 5.22. The predicted octanol–water partition coefficient (Wildman–Crippen LogP) is 4.75. The minimum atomic E-state index is 0.224. The standard InChI is InChI=1S/C18H32N2S/c1-5-11-19-17(16-10-14-21-15(16)3)18(4,6-2)20-12-8-7-9-13-20/h10,14,17,19H,5-9,11-13H2,1-4H3. The highest BCUT2D eigenvalue weighted by Crippen LogP contribution is 2.38. The maximum absolute atomic E-state index is 3.87. The monoisotopic (exact) mass is 308 g/mol. The molecule has 1 N–H and O–H groups in total. The molecule has 0 spiro atoms. The number of rotatable bonds is 7. The highest BCUT2D eigenvalue weighted by Gasteiger charge is 2.39. The first-order valence-corrected chi connectivity index (χ1v) is 9.53. The predicted molar refractivity (Wildman–Crippen MR) is 94.2 cm³/mol. The maximum Gasteiger partial charge on any atom is 0.0515 e.